The van der Waals surface area contributed by atoms with E-state index in [1.54, 1.807) is 13.8 Å². The Balaban J connectivity index is 2.79. The fourth-order valence-electron chi connectivity index (χ4n) is 2.66. The predicted molar refractivity (Wildman–Crippen MR) is 103 cm³/mol. The number of hydrogen-bond acceptors (Lipinski definition) is 6. The number of fused-ring (bicyclic) bond motifs is 1. The summed E-state index contributed by atoms with van der Waals surface area (Å²) in [6.07, 6.45) is 0.947. The first-order chi connectivity index (χ1) is 12.8. The van der Waals surface area contributed by atoms with E-state index in [4.69, 9.17) is 18.9 Å². The van der Waals surface area contributed by atoms with Gasteiger partial charge < -0.3 is 18.9 Å². The zero-order chi connectivity index (χ0) is 20.1. The van der Waals surface area contributed by atoms with Crippen LogP contribution in [0.25, 0.3) is 10.8 Å². The van der Waals surface area contributed by atoms with Crippen molar-refractivity contribution in [3.63, 3.8) is 0 Å². The van der Waals surface area contributed by atoms with Gasteiger partial charge in [0, 0.05) is 17.2 Å². The second-order valence-electron chi connectivity index (χ2n) is 6.57. The summed E-state index contributed by atoms with van der Waals surface area (Å²) in [6.45, 7) is 7.32. The molecule has 0 saturated carbocycles. The molecule has 0 aromatic heterocycles. The van der Waals surface area contributed by atoms with Gasteiger partial charge in [-0.1, -0.05) is 38.5 Å². The lowest BCUT2D eigenvalue weighted by molar-refractivity contribution is -0.138. The minimum Gasteiger partial charge on any atom is -0.490 e. The number of benzene rings is 2. The lowest BCUT2D eigenvalue weighted by atomic mass is 10.0. The average molecular weight is 374 g/mol. The van der Waals surface area contributed by atoms with E-state index in [9.17, 15) is 9.59 Å². The maximum atomic E-state index is 12.2. The molecule has 0 fully saturated rings. The third kappa shape index (κ3) is 4.32. The van der Waals surface area contributed by atoms with Gasteiger partial charge in [-0.05, 0) is 19.4 Å². The van der Waals surface area contributed by atoms with Gasteiger partial charge in [0.15, 0.2) is 11.5 Å². The van der Waals surface area contributed by atoms with Crippen LogP contribution in [0.4, 0.5) is 0 Å². The fourth-order valence-corrected chi connectivity index (χ4v) is 2.66. The molecule has 6 heteroatoms. The van der Waals surface area contributed by atoms with Crippen molar-refractivity contribution in [1.82, 2.24) is 0 Å². The molecule has 0 N–H and O–H groups in total. The van der Waals surface area contributed by atoms with Gasteiger partial charge in [0.05, 0.1) is 20.1 Å². The molecule has 0 unspecified atom stereocenters. The average Bonchev–Trinajstić information content (AvgIpc) is 2.62. The zero-order valence-electron chi connectivity index (χ0n) is 16.7. The minimum absolute atomic E-state index is 0.210. The Kier molecular flexibility index (Phi) is 6.66. The molecule has 146 valence electrons. The first-order valence-electron chi connectivity index (χ1n) is 8.94. The molecule has 6 nitrogen and oxygen atoms in total. The molecule has 27 heavy (non-hydrogen) atoms. The Morgan fingerprint density at radius 1 is 0.926 bits per heavy atom. The second-order valence-corrected chi connectivity index (χ2v) is 6.57. The van der Waals surface area contributed by atoms with E-state index >= 15 is 0 Å². The number of aryl methyl sites for hydroxylation is 1. The van der Waals surface area contributed by atoms with E-state index < -0.39 is 5.97 Å². The fraction of sp³-hybridized carbons (Fsp3) is 0.429. The SMILES string of the molecule is CCCC(=O)Oc1c(OC)c(OC)c(OC(=O)C(C)C)c2ccc(C)cc12. The third-order valence-corrected chi connectivity index (χ3v) is 4.04. The summed E-state index contributed by atoms with van der Waals surface area (Å²) in [5, 5.41) is 1.22. The van der Waals surface area contributed by atoms with Crippen LogP contribution in [0, 0.1) is 12.8 Å². The van der Waals surface area contributed by atoms with Crippen molar-refractivity contribution in [1.29, 1.82) is 0 Å². The first kappa shape index (κ1) is 20.6. The summed E-state index contributed by atoms with van der Waals surface area (Å²) in [4.78, 5) is 24.4. The molecule has 0 heterocycles. The van der Waals surface area contributed by atoms with Gasteiger partial charge in [-0.25, -0.2) is 0 Å². The Morgan fingerprint density at radius 3 is 2.04 bits per heavy atom. The van der Waals surface area contributed by atoms with Crippen molar-refractivity contribution < 1.29 is 28.5 Å². The molecule has 0 bridgehead atoms. The lowest BCUT2D eigenvalue weighted by Crippen LogP contribution is -2.16. The maximum Gasteiger partial charge on any atom is 0.313 e. The van der Waals surface area contributed by atoms with Gasteiger partial charge in [0.25, 0.3) is 0 Å². The summed E-state index contributed by atoms with van der Waals surface area (Å²) in [7, 11) is 2.90. The topological polar surface area (TPSA) is 71.1 Å². The third-order valence-electron chi connectivity index (χ3n) is 4.04. The van der Waals surface area contributed by atoms with Crippen LogP contribution in [0.3, 0.4) is 0 Å². The number of methoxy groups -OCH3 is 2. The molecular formula is C21H26O6. The lowest BCUT2D eigenvalue weighted by Gasteiger charge is -2.20. The Labute approximate surface area is 159 Å². The molecule has 0 saturated heterocycles. The molecule has 0 aliphatic heterocycles. The zero-order valence-corrected chi connectivity index (χ0v) is 16.7. The van der Waals surface area contributed by atoms with Gasteiger partial charge in [-0.3, -0.25) is 9.59 Å². The van der Waals surface area contributed by atoms with E-state index in [-0.39, 0.29) is 41.3 Å². The van der Waals surface area contributed by atoms with Crippen LogP contribution in [0.5, 0.6) is 23.0 Å². The van der Waals surface area contributed by atoms with Crippen LogP contribution in [-0.4, -0.2) is 26.2 Å². The number of hydrogen-bond donors (Lipinski definition) is 0. The summed E-state index contributed by atoms with van der Waals surface area (Å²) in [6, 6.07) is 5.56. The quantitative estimate of drug-likeness (QED) is 0.527. The highest BCUT2D eigenvalue weighted by Gasteiger charge is 2.27. The minimum atomic E-state index is -0.395. The molecular weight excluding hydrogens is 348 g/mol. The van der Waals surface area contributed by atoms with Crippen molar-refractivity contribution in [2.24, 2.45) is 5.92 Å². The van der Waals surface area contributed by atoms with Crippen LogP contribution >= 0.6 is 0 Å². The smallest absolute Gasteiger partial charge is 0.313 e. The highest BCUT2D eigenvalue weighted by atomic mass is 16.6. The predicted octanol–water partition coefficient (Wildman–Crippen LogP) is 4.43. The molecule has 0 amide bonds. The standard InChI is InChI=1S/C21H26O6/c1-7-8-16(22)26-18-15-11-13(4)9-10-14(15)17(27-21(23)12(2)3)19(24-5)20(18)25-6/h9-12H,7-8H2,1-6H3. The van der Waals surface area contributed by atoms with Crippen molar-refractivity contribution in [3.05, 3.63) is 23.8 Å². The van der Waals surface area contributed by atoms with Crippen molar-refractivity contribution in [2.45, 2.75) is 40.5 Å². The van der Waals surface area contributed by atoms with Crippen LogP contribution < -0.4 is 18.9 Å². The van der Waals surface area contributed by atoms with Crippen LogP contribution in [0.1, 0.15) is 39.2 Å². The number of carbonyl (C=O) groups is 2. The van der Waals surface area contributed by atoms with Crippen LogP contribution in [-0.2, 0) is 9.59 Å². The van der Waals surface area contributed by atoms with Crippen LogP contribution in [0.2, 0.25) is 0 Å². The summed E-state index contributed by atoms with van der Waals surface area (Å²) in [5.74, 6) is -0.147. The Hall–Kier alpha value is -2.76. The second kappa shape index (κ2) is 8.75. The monoisotopic (exact) mass is 374 g/mol. The Morgan fingerprint density at radius 2 is 1.52 bits per heavy atom. The molecule has 0 aliphatic carbocycles. The summed E-state index contributed by atoms with van der Waals surface area (Å²) >= 11 is 0. The normalized spacial score (nSPS) is 10.8. The molecule has 0 atom stereocenters. The highest BCUT2D eigenvalue weighted by molar-refractivity contribution is 6.01. The number of ether oxygens (including phenoxy) is 4. The van der Waals surface area contributed by atoms with E-state index in [1.807, 2.05) is 32.0 Å². The van der Waals surface area contributed by atoms with Gasteiger partial charge in [0.1, 0.15) is 0 Å². The number of rotatable bonds is 7. The summed E-state index contributed by atoms with van der Waals surface area (Å²) in [5.41, 5.74) is 0.962. The molecule has 0 aliphatic rings. The van der Waals surface area contributed by atoms with E-state index in [0.717, 1.165) is 5.56 Å². The van der Waals surface area contributed by atoms with E-state index in [2.05, 4.69) is 0 Å². The van der Waals surface area contributed by atoms with Crippen LogP contribution in [0.15, 0.2) is 18.2 Å². The molecule has 0 radical (unpaired) electrons. The number of esters is 2. The van der Waals surface area contributed by atoms with Crippen molar-refractivity contribution >= 4 is 22.7 Å². The van der Waals surface area contributed by atoms with E-state index in [0.29, 0.717) is 17.2 Å². The molecule has 0 spiro atoms. The van der Waals surface area contributed by atoms with Crippen molar-refractivity contribution in [2.75, 3.05) is 14.2 Å². The first-order valence-corrected chi connectivity index (χ1v) is 8.94. The molecule has 2 aromatic rings. The van der Waals surface area contributed by atoms with Gasteiger partial charge in [-0.15, -0.1) is 0 Å². The van der Waals surface area contributed by atoms with Gasteiger partial charge in [0.2, 0.25) is 11.5 Å². The molecule has 2 rings (SSSR count). The largest absolute Gasteiger partial charge is 0.490 e. The van der Waals surface area contributed by atoms with Crippen molar-refractivity contribution in [3.8, 4) is 23.0 Å². The molecule has 2 aromatic carbocycles. The maximum absolute atomic E-state index is 12.2. The Bertz CT molecular complexity index is 854. The summed E-state index contributed by atoms with van der Waals surface area (Å²) < 4.78 is 22.2. The van der Waals surface area contributed by atoms with Gasteiger partial charge in [-0.2, -0.15) is 0 Å². The van der Waals surface area contributed by atoms with Gasteiger partial charge >= 0.3 is 11.9 Å². The highest BCUT2D eigenvalue weighted by Crippen LogP contribution is 2.51. The number of carbonyl (C=O) groups excluding carboxylic acids is 2. The van der Waals surface area contributed by atoms with E-state index in [1.165, 1.54) is 14.2 Å².